The lowest BCUT2D eigenvalue weighted by molar-refractivity contribution is -0.136. The van der Waals surface area contributed by atoms with Crippen molar-refractivity contribution < 1.29 is 9.90 Å². The molecular weight excluding hydrogens is 210 g/mol. The van der Waals surface area contributed by atoms with Crippen molar-refractivity contribution >= 4 is 29.3 Å². The molecule has 0 saturated carbocycles. The van der Waals surface area contributed by atoms with E-state index in [2.05, 4.69) is 4.98 Å². The fraction of sp³-hybridized carbons (Fsp3) is 0.250. The summed E-state index contributed by atoms with van der Waals surface area (Å²) >= 11 is 7.16. The molecule has 0 spiro atoms. The molecule has 0 aromatic carbocycles. The Morgan fingerprint density at radius 2 is 2.46 bits per heavy atom. The standard InChI is InChI=1S/C8H8ClNO2S/c9-6-2-1-4-10-8(6)13-5-3-7(11)12/h1-2,4H,3,5H2,(H,11,12). The number of pyridine rings is 1. The Balaban J connectivity index is 2.45. The van der Waals surface area contributed by atoms with Crippen molar-refractivity contribution in [3.05, 3.63) is 23.4 Å². The fourth-order valence-corrected chi connectivity index (χ4v) is 1.81. The summed E-state index contributed by atoms with van der Waals surface area (Å²) in [4.78, 5) is 14.2. The van der Waals surface area contributed by atoms with E-state index in [1.54, 1.807) is 18.3 Å². The highest BCUT2D eigenvalue weighted by molar-refractivity contribution is 7.99. The highest BCUT2D eigenvalue weighted by Crippen LogP contribution is 2.24. The second kappa shape index (κ2) is 5.09. The Hall–Kier alpha value is -0.740. The van der Waals surface area contributed by atoms with Crippen LogP contribution >= 0.6 is 23.4 Å². The summed E-state index contributed by atoms with van der Waals surface area (Å²) in [7, 11) is 0. The first-order valence-corrected chi connectivity index (χ1v) is 5.01. The Morgan fingerprint density at radius 3 is 3.08 bits per heavy atom. The minimum atomic E-state index is -0.806. The molecule has 0 fully saturated rings. The molecule has 0 amide bonds. The Kier molecular flexibility index (Phi) is 4.05. The third-order valence-electron chi connectivity index (χ3n) is 1.28. The van der Waals surface area contributed by atoms with Crippen LogP contribution in [0.3, 0.4) is 0 Å². The van der Waals surface area contributed by atoms with Gasteiger partial charge in [0.2, 0.25) is 0 Å². The van der Waals surface area contributed by atoms with Crippen molar-refractivity contribution in [2.24, 2.45) is 0 Å². The molecule has 1 heterocycles. The predicted octanol–water partition coefficient (Wildman–Crippen LogP) is 2.30. The van der Waals surface area contributed by atoms with Crippen LogP contribution in [-0.4, -0.2) is 21.8 Å². The van der Waals surface area contributed by atoms with Crippen LogP contribution < -0.4 is 0 Å². The summed E-state index contributed by atoms with van der Waals surface area (Å²) in [5, 5.41) is 9.65. The van der Waals surface area contributed by atoms with Gasteiger partial charge < -0.3 is 5.11 Å². The third-order valence-corrected chi connectivity index (χ3v) is 2.70. The van der Waals surface area contributed by atoms with Crippen molar-refractivity contribution in [1.82, 2.24) is 4.98 Å². The first-order chi connectivity index (χ1) is 6.20. The number of rotatable bonds is 4. The van der Waals surface area contributed by atoms with Crippen LogP contribution in [0.1, 0.15) is 6.42 Å². The average molecular weight is 218 g/mol. The maximum absolute atomic E-state index is 10.2. The summed E-state index contributed by atoms with van der Waals surface area (Å²) in [5.41, 5.74) is 0. The molecule has 0 aliphatic rings. The van der Waals surface area contributed by atoms with E-state index in [9.17, 15) is 4.79 Å². The fourth-order valence-electron chi connectivity index (χ4n) is 0.712. The molecule has 0 unspecified atom stereocenters. The second-order valence-electron chi connectivity index (χ2n) is 2.28. The number of aromatic nitrogens is 1. The summed E-state index contributed by atoms with van der Waals surface area (Å²) in [6.07, 6.45) is 1.76. The van der Waals surface area contributed by atoms with E-state index in [0.717, 1.165) is 0 Å². The van der Waals surface area contributed by atoms with Crippen molar-refractivity contribution in [2.75, 3.05) is 5.75 Å². The molecule has 13 heavy (non-hydrogen) atoms. The molecule has 0 saturated heterocycles. The van der Waals surface area contributed by atoms with Gasteiger partial charge in [0.15, 0.2) is 0 Å². The van der Waals surface area contributed by atoms with Gasteiger partial charge in [-0.25, -0.2) is 4.98 Å². The van der Waals surface area contributed by atoms with Crippen LogP contribution in [0.2, 0.25) is 5.02 Å². The van der Waals surface area contributed by atoms with Gasteiger partial charge in [-0.2, -0.15) is 0 Å². The van der Waals surface area contributed by atoms with E-state index in [1.807, 2.05) is 0 Å². The molecule has 0 bridgehead atoms. The monoisotopic (exact) mass is 217 g/mol. The maximum atomic E-state index is 10.2. The van der Waals surface area contributed by atoms with Crippen molar-refractivity contribution in [2.45, 2.75) is 11.4 Å². The zero-order chi connectivity index (χ0) is 9.68. The molecule has 0 aliphatic carbocycles. The van der Waals surface area contributed by atoms with E-state index in [0.29, 0.717) is 15.8 Å². The van der Waals surface area contributed by atoms with Crippen LogP contribution in [0.15, 0.2) is 23.4 Å². The van der Waals surface area contributed by atoms with E-state index >= 15 is 0 Å². The van der Waals surface area contributed by atoms with E-state index in [-0.39, 0.29) is 6.42 Å². The number of aliphatic carboxylic acids is 1. The number of hydrogen-bond donors (Lipinski definition) is 1. The summed E-state index contributed by atoms with van der Waals surface area (Å²) in [6, 6.07) is 3.47. The normalized spacial score (nSPS) is 9.92. The number of carbonyl (C=O) groups is 1. The zero-order valence-corrected chi connectivity index (χ0v) is 8.31. The highest BCUT2D eigenvalue weighted by atomic mass is 35.5. The third kappa shape index (κ3) is 3.65. The number of carboxylic acid groups (broad SMARTS) is 1. The van der Waals surface area contributed by atoms with Gasteiger partial charge in [0.05, 0.1) is 11.4 Å². The zero-order valence-electron chi connectivity index (χ0n) is 6.74. The van der Waals surface area contributed by atoms with Gasteiger partial charge in [0.1, 0.15) is 5.03 Å². The minimum Gasteiger partial charge on any atom is -0.481 e. The lowest BCUT2D eigenvalue weighted by Gasteiger charge is -1.99. The second-order valence-corrected chi connectivity index (χ2v) is 3.77. The SMILES string of the molecule is O=C(O)CCSc1ncccc1Cl. The highest BCUT2D eigenvalue weighted by Gasteiger charge is 2.02. The maximum Gasteiger partial charge on any atom is 0.304 e. The number of nitrogens with zero attached hydrogens (tertiary/aromatic N) is 1. The Morgan fingerprint density at radius 1 is 1.69 bits per heavy atom. The van der Waals surface area contributed by atoms with Crippen molar-refractivity contribution in [1.29, 1.82) is 0 Å². The van der Waals surface area contributed by atoms with Gasteiger partial charge in [-0.15, -0.1) is 11.8 Å². The quantitative estimate of drug-likeness (QED) is 0.787. The molecule has 5 heteroatoms. The number of carboxylic acids is 1. The van der Waals surface area contributed by atoms with Crippen LogP contribution in [-0.2, 0) is 4.79 Å². The summed E-state index contributed by atoms with van der Waals surface area (Å²) in [5.74, 6) is -0.314. The number of thioether (sulfide) groups is 1. The van der Waals surface area contributed by atoms with E-state index in [4.69, 9.17) is 16.7 Å². The first-order valence-electron chi connectivity index (χ1n) is 3.65. The topological polar surface area (TPSA) is 50.2 Å². The van der Waals surface area contributed by atoms with Crippen LogP contribution in [0.4, 0.5) is 0 Å². The van der Waals surface area contributed by atoms with E-state index < -0.39 is 5.97 Å². The molecule has 1 rings (SSSR count). The minimum absolute atomic E-state index is 0.123. The largest absolute Gasteiger partial charge is 0.481 e. The van der Waals surface area contributed by atoms with Crippen LogP contribution in [0.5, 0.6) is 0 Å². The predicted molar refractivity (Wildman–Crippen MR) is 52.2 cm³/mol. The molecule has 3 nitrogen and oxygen atoms in total. The molecule has 1 aromatic rings. The van der Waals surface area contributed by atoms with Crippen molar-refractivity contribution in [3.8, 4) is 0 Å². The van der Waals surface area contributed by atoms with Gasteiger partial charge in [-0.05, 0) is 12.1 Å². The van der Waals surface area contributed by atoms with Gasteiger partial charge in [-0.3, -0.25) is 4.79 Å². The van der Waals surface area contributed by atoms with Gasteiger partial charge in [-0.1, -0.05) is 11.6 Å². The lowest BCUT2D eigenvalue weighted by Crippen LogP contribution is -1.96. The molecule has 70 valence electrons. The van der Waals surface area contributed by atoms with Gasteiger partial charge in [0.25, 0.3) is 0 Å². The number of hydrogen-bond acceptors (Lipinski definition) is 3. The summed E-state index contributed by atoms with van der Waals surface area (Å²) in [6.45, 7) is 0. The Bertz CT molecular complexity index is 306. The Labute approximate surface area is 85.1 Å². The van der Waals surface area contributed by atoms with Crippen molar-refractivity contribution in [3.63, 3.8) is 0 Å². The molecule has 0 aliphatic heterocycles. The van der Waals surface area contributed by atoms with Gasteiger partial charge in [0, 0.05) is 11.9 Å². The smallest absolute Gasteiger partial charge is 0.304 e. The van der Waals surface area contributed by atoms with Crippen LogP contribution in [0.25, 0.3) is 0 Å². The molecule has 1 N–H and O–H groups in total. The first kappa shape index (κ1) is 10.3. The molecule has 0 radical (unpaired) electrons. The van der Waals surface area contributed by atoms with Crippen LogP contribution in [0, 0.1) is 0 Å². The summed E-state index contributed by atoms with van der Waals surface area (Å²) < 4.78 is 0. The molecule has 1 aromatic heterocycles. The van der Waals surface area contributed by atoms with Gasteiger partial charge >= 0.3 is 5.97 Å². The van der Waals surface area contributed by atoms with E-state index in [1.165, 1.54) is 11.8 Å². The average Bonchev–Trinajstić information content (AvgIpc) is 2.08. The number of halogens is 1. The lowest BCUT2D eigenvalue weighted by atomic mass is 10.5. The molecule has 0 atom stereocenters. The molecular formula is C8H8ClNO2S.